The second kappa shape index (κ2) is 6.86. The molecule has 1 aromatic rings. The first-order valence-corrected chi connectivity index (χ1v) is 5.83. The number of amides is 1. The molecule has 0 atom stereocenters. The summed E-state index contributed by atoms with van der Waals surface area (Å²) in [6.45, 7) is 8.82. The van der Waals surface area contributed by atoms with E-state index < -0.39 is 0 Å². The Morgan fingerprint density at radius 1 is 1.24 bits per heavy atom. The molecule has 0 heterocycles. The second-order valence-electron chi connectivity index (χ2n) is 4.30. The third-order valence-electron chi connectivity index (χ3n) is 2.26. The highest BCUT2D eigenvalue weighted by Crippen LogP contribution is 2.09. The molecule has 0 bridgehead atoms. The van der Waals surface area contributed by atoms with Crippen LogP contribution in [-0.4, -0.2) is 25.0 Å². The van der Waals surface area contributed by atoms with Gasteiger partial charge in [-0.1, -0.05) is 36.9 Å². The lowest BCUT2D eigenvalue weighted by Crippen LogP contribution is -2.38. The fraction of sp³-hybridized carbons (Fsp3) is 0.357. The van der Waals surface area contributed by atoms with Crippen molar-refractivity contribution in [2.24, 2.45) is 0 Å². The Morgan fingerprint density at radius 2 is 1.88 bits per heavy atom. The summed E-state index contributed by atoms with van der Waals surface area (Å²) in [6.07, 6.45) is 0. The highest BCUT2D eigenvalue weighted by Gasteiger charge is 2.03. The average molecular weight is 232 g/mol. The minimum Gasteiger partial charge on any atom is -0.353 e. The van der Waals surface area contributed by atoms with Crippen molar-refractivity contribution in [2.45, 2.75) is 19.9 Å². The van der Waals surface area contributed by atoms with Crippen LogP contribution >= 0.6 is 0 Å². The Kier molecular flexibility index (Phi) is 5.43. The number of hydrogen-bond acceptors (Lipinski definition) is 2. The SMILES string of the molecule is C=C(CNCC(=O)NC(C)C)c1ccccc1. The smallest absolute Gasteiger partial charge is 0.234 e. The summed E-state index contributed by atoms with van der Waals surface area (Å²) in [5, 5.41) is 5.90. The molecule has 1 rings (SSSR count). The maximum Gasteiger partial charge on any atom is 0.234 e. The van der Waals surface area contributed by atoms with Crippen LogP contribution in [0.4, 0.5) is 0 Å². The molecule has 0 aliphatic heterocycles. The molecule has 2 N–H and O–H groups in total. The molecule has 0 saturated carbocycles. The number of carbonyl (C=O) groups excluding carboxylic acids is 1. The molecule has 3 nitrogen and oxygen atoms in total. The van der Waals surface area contributed by atoms with Gasteiger partial charge < -0.3 is 10.6 Å². The quantitative estimate of drug-likeness (QED) is 0.785. The molecule has 1 aromatic carbocycles. The summed E-state index contributed by atoms with van der Waals surface area (Å²) in [5.41, 5.74) is 2.09. The first kappa shape index (κ1) is 13.5. The molecule has 0 unspecified atom stereocenters. The van der Waals surface area contributed by atoms with Crippen molar-refractivity contribution < 1.29 is 4.79 Å². The van der Waals surface area contributed by atoms with Crippen LogP contribution in [0.15, 0.2) is 36.9 Å². The van der Waals surface area contributed by atoms with E-state index in [4.69, 9.17) is 0 Å². The molecular weight excluding hydrogens is 212 g/mol. The van der Waals surface area contributed by atoms with Gasteiger partial charge in [0.05, 0.1) is 6.54 Å². The largest absolute Gasteiger partial charge is 0.353 e. The third-order valence-corrected chi connectivity index (χ3v) is 2.26. The van der Waals surface area contributed by atoms with Crippen molar-refractivity contribution in [2.75, 3.05) is 13.1 Å². The molecule has 17 heavy (non-hydrogen) atoms. The van der Waals surface area contributed by atoms with Crippen molar-refractivity contribution in [3.8, 4) is 0 Å². The predicted octanol–water partition coefficient (Wildman–Crippen LogP) is 1.81. The van der Waals surface area contributed by atoms with Gasteiger partial charge in [0.1, 0.15) is 0 Å². The van der Waals surface area contributed by atoms with Crippen LogP contribution < -0.4 is 10.6 Å². The molecule has 0 aliphatic carbocycles. The molecule has 0 radical (unpaired) electrons. The van der Waals surface area contributed by atoms with E-state index >= 15 is 0 Å². The van der Waals surface area contributed by atoms with Crippen molar-refractivity contribution >= 4 is 11.5 Å². The van der Waals surface area contributed by atoms with Crippen LogP contribution in [0, 0.1) is 0 Å². The van der Waals surface area contributed by atoms with Crippen LogP contribution in [0.1, 0.15) is 19.4 Å². The lowest BCUT2D eigenvalue weighted by molar-refractivity contribution is -0.120. The van der Waals surface area contributed by atoms with Crippen molar-refractivity contribution in [3.05, 3.63) is 42.5 Å². The van der Waals surface area contributed by atoms with Crippen LogP contribution in [0.25, 0.3) is 5.57 Å². The summed E-state index contributed by atoms with van der Waals surface area (Å²) in [4.78, 5) is 11.4. The molecule has 0 spiro atoms. The first-order chi connectivity index (χ1) is 8.09. The molecule has 92 valence electrons. The molecule has 3 heteroatoms. The minimum absolute atomic E-state index is 0.0147. The number of nitrogens with one attached hydrogen (secondary N) is 2. The van der Waals surface area contributed by atoms with Gasteiger partial charge in [-0.15, -0.1) is 0 Å². The van der Waals surface area contributed by atoms with E-state index in [1.807, 2.05) is 44.2 Å². The van der Waals surface area contributed by atoms with E-state index in [0.717, 1.165) is 11.1 Å². The Balaban J connectivity index is 2.28. The normalized spacial score (nSPS) is 10.3. The molecule has 0 fully saturated rings. The fourth-order valence-electron chi connectivity index (χ4n) is 1.48. The van der Waals surface area contributed by atoms with Gasteiger partial charge in [-0.05, 0) is 25.0 Å². The van der Waals surface area contributed by atoms with E-state index in [9.17, 15) is 4.79 Å². The number of hydrogen-bond donors (Lipinski definition) is 2. The average Bonchev–Trinajstić information content (AvgIpc) is 2.29. The summed E-state index contributed by atoms with van der Waals surface area (Å²) in [6, 6.07) is 10.1. The number of benzene rings is 1. The van der Waals surface area contributed by atoms with Gasteiger partial charge in [-0.25, -0.2) is 0 Å². The highest BCUT2D eigenvalue weighted by atomic mass is 16.1. The number of rotatable bonds is 6. The molecule has 0 aliphatic rings. The zero-order valence-corrected chi connectivity index (χ0v) is 10.5. The van der Waals surface area contributed by atoms with Gasteiger partial charge in [-0.3, -0.25) is 4.79 Å². The Labute approximate surface area is 103 Å². The maximum atomic E-state index is 11.4. The summed E-state index contributed by atoms with van der Waals surface area (Å²) in [7, 11) is 0. The fourth-order valence-corrected chi connectivity index (χ4v) is 1.48. The predicted molar refractivity (Wildman–Crippen MR) is 71.6 cm³/mol. The van der Waals surface area contributed by atoms with E-state index in [1.165, 1.54) is 0 Å². The van der Waals surface area contributed by atoms with E-state index in [2.05, 4.69) is 17.2 Å². The van der Waals surface area contributed by atoms with Gasteiger partial charge in [0.15, 0.2) is 0 Å². The zero-order chi connectivity index (χ0) is 12.7. The monoisotopic (exact) mass is 232 g/mol. The Morgan fingerprint density at radius 3 is 2.47 bits per heavy atom. The molecule has 0 saturated heterocycles. The summed E-state index contributed by atoms with van der Waals surface area (Å²) in [5.74, 6) is 0.0147. The van der Waals surface area contributed by atoms with Gasteiger partial charge in [0.25, 0.3) is 0 Å². The topological polar surface area (TPSA) is 41.1 Å². The van der Waals surface area contributed by atoms with E-state index in [0.29, 0.717) is 13.1 Å². The summed E-state index contributed by atoms with van der Waals surface area (Å²) >= 11 is 0. The first-order valence-electron chi connectivity index (χ1n) is 5.83. The van der Waals surface area contributed by atoms with Crippen LogP contribution in [0.5, 0.6) is 0 Å². The van der Waals surface area contributed by atoms with Gasteiger partial charge in [-0.2, -0.15) is 0 Å². The standard InChI is InChI=1S/C14H20N2O/c1-11(2)16-14(17)10-15-9-12(3)13-7-5-4-6-8-13/h4-8,11,15H,3,9-10H2,1-2H3,(H,16,17). The van der Waals surface area contributed by atoms with Gasteiger partial charge in [0, 0.05) is 12.6 Å². The van der Waals surface area contributed by atoms with Gasteiger partial charge in [0.2, 0.25) is 5.91 Å². The number of carbonyl (C=O) groups is 1. The van der Waals surface area contributed by atoms with Crippen LogP contribution in [0.3, 0.4) is 0 Å². The van der Waals surface area contributed by atoms with Crippen LogP contribution in [0.2, 0.25) is 0 Å². The molecule has 0 aromatic heterocycles. The van der Waals surface area contributed by atoms with Gasteiger partial charge >= 0.3 is 0 Å². The van der Waals surface area contributed by atoms with Crippen LogP contribution in [-0.2, 0) is 4.79 Å². The lowest BCUT2D eigenvalue weighted by atomic mass is 10.1. The van der Waals surface area contributed by atoms with E-state index in [1.54, 1.807) is 0 Å². The van der Waals surface area contributed by atoms with Crippen molar-refractivity contribution in [3.63, 3.8) is 0 Å². The maximum absolute atomic E-state index is 11.4. The van der Waals surface area contributed by atoms with Crippen molar-refractivity contribution in [1.29, 1.82) is 0 Å². The second-order valence-corrected chi connectivity index (χ2v) is 4.30. The molecular formula is C14H20N2O. The summed E-state index contributed by atoms with van der Waals surface area (Å²) < 4.78 is 0. The van der Waals surface area contributed by atoms with Crippen molar-refractivity contribution in [1.82, 2.24) is 10.6 Å². The van der Waals surface area contributed by atoms with E-state index in [-0.39, 0.29) is 11.9 Å². The third kappa shape index (κ3) is 5.31. The minimum atomic E-state index is 0.0147. The zero-order valence-electron chi connectivity index (χ0n) is 10.5. The molecule has 1 amide bonds. The highest BCUT2D eigenvalue weighted by molar-refractivity contribution is 5.78. The Hall–Kier alpha value is -1.61. The lowest BCUT2D eigenvalue weighted by Gasteiger charge is -2.10. The Bertz CT molecular complexity index is 371.